The van der Waals surface area contributed by atoms with Crippen LogP contribution in [-0.2, 0) is 9.05 Å². The number of nitrogens with two attached hydrogens (primary N) is 1. The monoisotopic (exact) mass is 259 g/mol. The molecule has 0 radical (unpaired) electrons. The van der Waals surface area contributed by atoms with Gasteiger partial charge >= 0.3 is 0 Å². The molecule has 0 fully saturated rings. The number of H-pyrrole nitrogens is 1. The fourth-order valence-corrected chi connectivity index (χ4v) is 2.11. The summed E-state index contributed by atoms with van der Waals surface area (Å²) in [4.78, 5) is 10.9. The molecule has 0 bridgehead atoms. The van der Waals surface area contributed by atoms with Crippen molar-refractivity contribution in [2.75, 3.05) is 0 Å². The van der Waals surface area contributed by atoms with Crippen LogP contribution in [0.3, 0.4) is 0 Å². The minimum absolute atomic E-state index is 0.0165. The van der Waals surface area contributed by atoms with Gasteiger partial charge in [-0.1, -0.05) is 0 Å². The number of amides is 1. The number of carbonyl (C=O) groups is 1. The van der Waals surface area contributed by atoms with Crippen molar-refractivity contribution in [3.63, 3.8) is 0 Å². The molecule has 1 heterocycles. The number of primary amides is 1. The summed E-state index contributed by atoms with van der Waals surface area (Å²) in [6.07, 6.45) is 0. The van der Waals surface area contributed by atoms with Crippen molar-refractivity contribution in [2.45, 2.75) is 4.90 Å². The Morgan fingerprint density at radius 3 is 2.69 bits per heavy atom. The van der Waals surface area contributed by atoms with Crippen molar-refractivity contribution in [1.29, 1.82) is 0 Å². The maximum Gasteiger partial charge on any atom is 0.269 e. The van der Waals surface area contributed by atoms with Gasteiger partial charge in [-0.3, -0.25) is 9.89 Å². The molecule has 16 heavy (non-hydrogen) atoms. The van der Waals surface area contributed by atoms with E-state index < -0.39 is 15.0 Å². The van der Waals surface area contributed by atoms with Gasteiger partial charge in [0.15, 0.2) is 5.69 Å². The molecule has 2 aromatic rings. The Bertz CT molecular complexity index is 677. The van der Waals surface area contributed by atoms with Crippen molar-refractivity contribution < 1.29 is 13.2 Å². The van der Waals surface area contributed by atoms with Gasteiger partial charge in [-0.15, -0.1) is 0 Å². The molecule has 2 rings (SSSR count). The van der Waals surface area contributed by atoms with Gasteiger partial charge in [0, 0.05) is 16.1 Å². The molecule has 0 saturated heterocycles. The van der Waals surface area contributed by atoms with Crippen molar-refractivity contribution in [3.8, 4) is 0 Å². The van der Waals surface area contributed by atoms with Crippen molar-refractivity contribution in [2.24, 2.45) is 5.73 Å². The third-order valence-electron chi connectivity index (χ3n) is 2.05. The molecule has 6 nitrogen and oxygen atoms in total. The fraction of sp³-hybridized carbons (Fsp3) is 0. The molecule has 0 atom stereocenters. The molecule has 0 saturated carbocycles. The van der Waals surface area contributed by atoms with Gasteiger partial charge in [-0.2, -0.15) is 5.10 Å². The number of nitrogens with zero attached hydrogens (tertiary/aromatic N) is 1. The van der Waals surface area contributed by atoms with Crippen LogP contribution in [-0.4, -0.2) is 24.5 Å². The summed E-state index contributed by atoms with van der Waals surface area (Å²) in [6.45, 7) is 0. The van der Waals surface area contributed by atoms with Crippen molar-refractivity contribution in [3.05, 3.63) is 23.9 Å². The minimum Gasteiger partial charge on any atom is -0.364 e. The predicted octanol–water partition coefficient (Wildman–Crippen LogP) is 0.589. The standard InChI is InChI=1S/C8H6ClN3O3S/c9-16(14,15)4-1-2-6-5(3-4)7(8(10)13)12-11-6/h1-3H,(H2,10,13)(H,11,12). The molecule has 0 aliphatic heterocycles. The van der Waals surface area contributed by atoms with Gasteiger partial charge in [0.25, 0.3) is 15.0 Å². The second-order valence-corrected chi connectivity index (χ2v) is 5.65. The summed E-state index contributed by atoms with van der Waals surface area (Å²) in [5.74, 6) is -0.740. The average molecular weight is 260 g/mol. The lowest BCUT2D eigenvalue weighted by atomic mass is 10.2. The van der Waals surface area contributed by atoms with E-state index in [1.54, 1.807) is 0 Å². The lowest BCUT2D eigenvalue weighted by molar-refractivity contribution is 0.0997. The summed E-state index contributed by atoms with van der Waals surface area (Å²) in [7, 11) is 1.35. The van der Waals surface area contributed by atoms with E-state index in [0.717, 1.165) is 0 Å². The smallest absolute Gasteiger partial charge is 0.269 e. The molecule has 0 aliphatic rings. The molecule has 0 unspecified atom stereocenters. The average Bonchev–Trinajstić information content (AvgIpc) is 2.58. The molecular weight excluding hydrogens is 254 g/mol. The van der Waals surface area contributed by atoms with Gasteiger partial charge in [-0.05, 0) is 18.2 Å². The number of hydrogen-bond donors (Lipinski definition) is 2. The zero-order valence-electron chi connectivity index (χ0n) is 7.77. The van der Waals surface area contributed by atoms with Crippen LogP contribution in [0.25, 0.3) is 10.9 Å². The number of fused-ring (bicyclic) bond motifs is 1. The van der Waals surface area contributed by atoms with Gasteiger partial charge in [0.05, 0.1) is 10.4 Å². The Kier molecular flexibility index (Phi) is 2.36. The summed E-state index contributed by atoms with van der Waals surface area (Å²) in [5.41, 5.74) is 5.57. The molecule has 1 aromatic heterocycles. The molecular formula is C8H6ClN3O3S. The highest BCUT2D eigenvalue weighted by molar-refractivity contribution is 8.13. The van der Waals surface area contributed by atoms with E-state index in [2.05, 4.69) is 10.2 Å². The van der Waals surface area contributed by atoms with Crippen LogP contribution in [0.15, 0.2) is 23.1 Å². The second-order valence-electron chi connectivity index (χ2n) is 3.08. The number of nitrogens with one attached hydrogen (secondary N) is 1. The Hall–Kier alpha value is -1.60. The van der Waals surface area contributed by atoms with E-state index in [1.165, 1.54) is 18.2 Å². The van der Waals surface area contributed by atoms with E-state index in [-0.39, 0.29) is 10.6 Å². The zero-order valence-corrected chi connectivity index (χ0v) is 9.34. The molecule has 1 aromatic carbocycles. The molecule has 0 spiro atoms. The van der Waals surface area contributed by atoms with Gasteiger partial charge in [0.1, 0.15) is 0 Å². The fourth-order valence-electron chi connectivity index (χ4n) is 1.33. The Balaban J connectivity index is 2.78. The Labute approximate surface area is 94.8 Å². The van der Waals surface area contributed by atoms with Crippen LogP contribution in [0.2, 0.25) is 0 Å². The Morgan fingerprint density at radius 1 is 1.44 bits per heavy atom. The second kappa shape index (κ2) is 3.46. The van der Waals surface area contributed by atoms with Gasteiger partial charge in [0.2, 0.25) is 0 Å². The summed E-state index contributed by atoms with van der Waals surface area (Å²) >= 11 is 0. The predicted molar refractivity (Wildman–Crippen MR) is 57.7 cm³/mol. The van der Waals surface area contributed by atoms with E-state index in [4.69, 9.17) is 16.4 Å². The SMILES string of the molecule is NC(=O)c1n[nH]c2ccc(S(=O)(=O)Cl)cc12. The van der Waals surface area contributed by atoms with Crippen LogP contribution in [0.5, 0.6) is 0 Å². The molecule has 8 heteroatoms. The highest BCUT2D eigenvalue weighted by Crippen LogP contribution is 2.22. The third-order valence-corrected chi connectivity index (χ3v) is 3.40. The normalized spacial score (nSPS) is 11.8. The highest BCUT2D eigenvalue weighted by Gasteiger charge is 2.15. The number of aromatic amines is 1. The van der Waals surface area contributed by atoms with Crippen LogP contribution in [0.1, 0.15) is 10.5 Å². The number of aromatic nitrogens is 2. The molecule has 3 N–H and O–H groups in total. The number of carbonyl (C=O) groups excluding carboxylic acids is 1. The summed E-state index contributed by atoms with van der Waals surface area (Å²) in [6, 6.07) is 4.03. The van der Waals surface area contributed by atoms with Crippen molar-refractivity contribution in [1.82, 2.24) is 10.2 Å². The zero-order chi connectivity index (χ0) is 11.9. The number of rotatable bonds is 2. The molecule has 84 valence electrons. The minimum atomic E-state index is -3.84. The quantitative estimate of drug-likeness (QED) is 0.770. The number of hydrogen-bond acceptors (Lipinski definition) is 4. The topological polar surface area (TPSA) is 106 Å². The van der Waals surface area contributed by atoms with E-state index >= 15 is 0 Å². The molecule has 1 amide bonds. The van der Waals surface area contributed by atoms with Crippen LogP contribution in [0, 0.1) is 0 Å². The first-order valence-electron chi connectivity index (χ1n) is 4.12. The first-order valence-corrected chi connectivity index (χ1v) is 6.43. The summed E-state index contributed by atoms with van der Waals surface area (Å²) < 4.78 is 22.2. The van der Waals surface area contributed by atoms with Crippen LogP contribution >= 0.6 is 10.7 Å². The van der Waals surface area contributed by atoms with E-state index in [1.807, 2.05) is 0 Å². The summed E-state index contributed by atoms with van der Waals surface area (Å²) in [5, 5.41) is 6.57. The molecule has 0 aliphatic carbocycles. The van der Waals surface area contributed by atoms with E-state index in [9.17, 15) is 13.2 Å². The third kappa shape index (κ3) is 1.74. The Morgan fingerprint density at radius 2 is 2.12 bits per heavy atom. The number of halogens is 1. The van der Waals surface area contributed by atoms with Crippen LogP contribution < -0.4 is 5.73 Å². The lowest BCUT2D eigenvalue weighted by Gasteiger charge is -1.96. The van der Waals surface area contributed by atoms with Gasteiger partial charge < -0.3 is 5.73 Å². The number of benzene rings is 1. The lowest BCUT2D eigenvalue weighted by Crippen LogP contribution is -2.11. The maximum absolute atomic E-state index is 11.1. The largest absolute Gasteiger partial charge is 0.364 e. The first kappa shape index (κ1) is 10.9. The van der Waals surface area contributed by atoms with Gasteiger partial charge in [-0.25, -0.2) is 8.42 Å². The maximum atomic E-state index is 11.1. The highest BCUT2D eigenvalue weighted by atomic mass is 35.7. The van der Waals surface area contributed by atoms with E-state index in [0.29, 0.717) is 10.9 Å². The van der Waals surface area contributed by atoms with Crippen LogP contribution in [0.4, 0.5) is 0 Å². The van der Waals surface area contributed by atoms with Crippen molar-refractivity contribution >= 4 is 36.5 Å². The first-order chi connectivity index (χ1) is 7.39.